The summed E-state index contributed by atoms with van der Waals surface area (Å²) in [6.07, 6.45) is 7.48. The number of fused-ring (bicyclic) bond motifs is 1. The molecule has 0 saturated carbocycles. The molecule has 4 nitrogen and oxygen atoms in total. The summed E-state index contributed by atoms with van der Waals surface area (Å²) in [4.78, 5) is 13.5. The number of rotatable bonds is 3. The molecule has 1 aromatic rings. The maximum atomic E-state index is 13.9. The molecule has 0 N–H and O–H groups in total. The number of hydrogen-bond acceptors (Lipinski definition) is 3. The Hall–Kier alpha value is -2.30. The molecule has 0 atom stereocenters. The van der Waals surface area contributed by atoms with Crippen LogP contribution in [0.1, 0.15) is 24.8 Å². The Labute approximate surface area is 128 Å². The topological polar surface area (TPSA) is 38.8 Å². The summed E-state index contributed by atoms with van der Waals surface area (Å²) in [5.74, 6) is 0.143. The molecule has 1 fully saturated rings. The van der Waals surface area contributed by atoms with Gasteiger partial charge in [0.1, 0.15) is 0 Å². The standard InChI is InChI=1S/C17H18FNO3/c18-14(17(20)19-9-2-1-3-10-19)6-4-5-13-7-8-15-16(11-13)22-12-21-15/h4-8,11H,1-3,9-10,12H2. The van der Waals surface area contributed by atoms with E-state index in [1.807, 2.05) is 12.1 Å². The van der Waals surface area contributed by atoms with Crippen molar-refractivity contribution in [2.45, 2.75) is 19.3 Å². The molecule has 0 aliphatic carbocycles. The van der Waals surface area contributed by atoms with Gasteiger partial charge in [-0.3, -0.25) is 4.79 Å². The maximum absolute atomic E-state index is 13.9. The molecule has 2 heterocycles. The van der Waals surface area contributed by atoms with Gasteiger partial charge >= 0.3 is 0 Å². The van der Waals surface area contributed by atoms with E-state index in [2.05, 4.69) is 0 Å². The molecule has 0 bridgehead atoms. The summed E-state index contributed by atoms with van der Waals surface area (Å²) in [6, 6.07) is 5.47. The van der Waals surface area contributed by atoms with Crippen LogP contribution in [0.3, 0.4) is 0 Å². The smallest absolute Gasteiger partial charge is 0.282 e. The van der Waals surface area contributed by atoms with Gasteiger partial charge in [0.15, 0.2) is 17.3 Å². The van der Waals surface area contributed by atoms with Crippen molar-refractivity contribution in [2.24, 2.45) is 0 Å². The van der Waals surface area contributed by atoms with Crippen molar-refractivity contribution in [3.05, 3.63) is 41.7 Å². The van der Waals surface area contributed by atoms with E-state index in [0.29, 0.717) is 24.6 Å². The molecule has 2 aliphatic rings. The molecular weight excluding hydrogens is 285 g/mol. The average Bonchev–Trinajstić information content (AvgIpc) is 3.02. The van der Waals surface area contributed by atoms with Crippen LogP contribution in [0, 0.1) is 0 Å². The van der Waals surface area contributed by atoms with Crippen molar-refractivity contribution < 1.29 is 18.7 Å². The summed E-state index contributed by atoms with van der Waals surface area (Å²) in [5, 5.41) is 0. The molecule has 0 spiro atoms. The lowest BCUT2D eigenvalue weighted by Gasteiger charge is -2.25. The van der Waals surface area contributed by atoms with Crippen molar-refractivity contribution in [3.63, 3.8) is 0 Å². The van der Waals surface area contributed by atoms with E-state index in [0.717, 1.165) is 24.8 Å². The highest BCUT2D eigenvalue weighted by atomic mass is 19.1. The van der Waals surface area contributed by atoms with E-state index < -0.39 is 11.7 Å². The fraction of sp³-hybridized carbons (Fsp3) is 0.353. The monoisotopic (exact) mass is 303 g/mol. The minimum atomic E-state index is -0.723. The number of benzene rings is 1. The Morgan fingerprint density at radius 1 is 1.14 bits per heavy atom. The Kier molecular flexibility index (Phi) is 4.42. The van der Waals surface area contributed by atoms with Gasteiger partial charge in [0.05, 0.1) is 0 Å². The highest BCUT2D eigenvalue weighted by Gasteiger charge is 2.19. The van der Waals surface area contributed by atoms with Crippen LogP contribution in [0.2, 0.25) is 0 Å². The molecule has 5 heteroatoms. The van der Waals surface area contributed by atoms with E-state index in [4.69, 9.17) is 9.47 Å². The van der Waals surface area contributed by atoms with Crippen molar-refractivity contribution in [1.82, 2.24) is 4.90 Å². The highest BCUT2D eigenvalue weighted by Crippen LogP contribution is 2.32. The lowest BCUT2D eigenvalue weighted by Crippen LogP contribution is -2.35. The van der Waals surface area contributed by atoms with Gasteiger partial charge in [0.2, 0.25) is 6.79 Å². The molecule has 1 saturated heterocycles. The summed E-state index contributed by atoms with van der Waals surface area (Å²) < 4.78 is 24.4. The van der Waals surface area contributed by atoms with Gasteiger partial charge in [-0.1, -0.05) is 18.2 Å². The first kappa shape index (κ1) is 14.6. The zero-order chi connectivity index (χ0) is 15.4. The second kappa shape index (κ2) is 6.64. The number of ether oxygens (including phenoxy) is 2. The molecule has 116 valence electrons. The molecule has 22 heavy (non-hydrogen) atoms. The molecule has 3 rings (SSSR count). The third-order valence-corrected chi connectivity index (χ3v) is 3.78. The molecule has 0 aromatic heterocycles. The third kappa shape index (κ3) is 3.30. The summed E-state index contributed by atoms with van der Waals surface area (Å²) in [5.41, 5.74) is 0.860. The normalized spacial score (nSPS) is 18.0. The number of carbonyl (C=O) groups is 1. The second-order valence-electron chi connectivity index (χ2n) is 5.34. The Bertz CT molecular complexity index is 618. The van der Waals surface area contributed by atoms with E-state index in [1.54, 1.807) is 17.0 Å². The van der Waals surface area contributed by atoms with Crippen LogP contribution in [0.4, 0.5) is 4.39 Å². The number of allylic oxidation sites excluding steroid dienone is 2. The van der Waals surface area contributed by atoms with E-state index in [9.17, 15) is 9.18 Å². The van der Waals surface area contributed by atoms with Crippen molar-refractivity contribution in [3.8, 4) is 11.5 Å². The SMILES string of the molecule is O=C(C(F)=CC=Cc1ccc2c(c1)OCO2)N1CCCCC1. The van der Waals surface area contributed by atoms with Gasteiger partial charge in [-0.25, -0.2) is 4.39 Å². The summed E-state index contributed by atoms with van der Waals surface area (Å²) in [7, 11) is 0. The van der Waals surface area contributed by atoms with Gasteiger partial charge in [-0.15, -0.1) is 0 Å². The Morgan fingerprint density at radius 3 is 2.73 bits per heavy atom. The molecule has 0 unspecified atom stereocenters. The lowest BCUT2D eigenvalue weighted by atomic mass is 10.1. The van der Waals surface area contributed by atoms with Gasteiger partial charge in [-0.05, 0) is 43.0 Å². The van der Waals surface area contributed by atoms with Gasteiger partial charge in [0, 0.05) is 13.1 Å². The predicted octanol–water partition coefficient (Wildman–Crippen LogP) is 3.29. The first-order chi connectivity index (χ1) is 10.7. The largest absolute Gasteiger partial charge is 0.454 e. The molecule has 0 radical (unpaired) electrons. The lowest BCUT2D eigenvalue weighted by molar-refractivity contribution is -0.129. The minimum absolute atomic E-state index is 0.224. The fourth-order valence-corrected chi connectivity index (χ4v) is 2.58. The number of halogens is 1. The van der Waals surface area contributed by atoms with E-state index in [1.165, 1.54) is 12.2 Å². The van der Waals surface area contributed by atoms with Crippen LogP contribution in [-0.2, 0) is 4.79 Å². The zero-order valence-electron chi connectivity index (χ0n) is 12.3. The molecule has 1 aromatic carbocycles. The maximum Gasteiger partial charge on any atom is 0.282 e. The molecule has 2 aliphatic heterocycles. The first-order valence-corrected chi connectivity index (χ1v) is 7.47. The van der Waals surface area contributed by atoms with Crippen LogP contribution >= 0.6 is 0 Å². The zero-order valence-corrected chi connectivity index (χ0v) is 12.3. The van der Waals surface area contributed by atoms with Crippen molar-refractivity contribution in [2.75, 3.05) is 19.9 Å². The van der Waals surface area contributed by atoms with Gasteiger partial charge in [-0.2, -0.15) is 0 Å². The molecular formula is C17H18FNO3. The average molecular weight is 303 g/mol. The third-order valence-electron chi connectivity index (χ3n) is 3.78. The second-order valence-corrected chi connectivity index (χ2v) is 5.34. The van der Waals surface area contributed by atoms with Crippen LogP contribution in [0.15, 0.2) is 36.2 Å². The number of carbonyl (C=O) groups excluding carboxylic acids is 1. The Morgan fingerprint density at radius 2 is 1.91 bits per heavy atom. The minimum Gasteiger partial charge on any atom is -0.454 e. The quantitative estimate of drug-likeness (QED) is 0.635. The van der Waals surface area contributed by atoms with E-state index in [-0.39, 0.29) is 6.79 Å². The number of nitrogens with zero attached hydrogens (tertiary/aromatic N) is 1. The van der Waals surface area contributed by atoms with E-state index >= 15 is 0 Å². The van der Waals surface area contributed by atoms with Crippen LogP contribution in [-0.4, -0.2) is 30.7 Å². The predicted molar refractivity (Wildman–Crippen MR) is 81.2 cm³/mol. The van der Waals surface area contributed by atoms with Gasteiger partial charge < -0.3 is 14.4 Å². The fourth-order valence-electron chi connectivity index (χ4n) is 2.58. The number of piperidine rings is 1. The van der Waals surface area contributed by atoms with Crippen molar-refractivity contribution >= 4 is 12.0 Å². The highest BCUT2D eigenvalue weighted by molar-refractivity contribution is 5.91. The Balaban J connectivity index is 1.63. The number of amides is 1. The number of hydrogen-bond donors (Lipinski definition) is 0. The molecule has 1 amide bonds. The number of likely N-dealkylation sites (tertiary alicyclic amines) is 1. The summed E-state index contributed by atoms with van der Waals surface area (Å²) >= 11 is 0. The van der Waals surface area contributed by atoms with Crippen LogP contribution in [0.25, 0.3) is 6.08 Å². The van der Waals surface area contributed by atoms with Crippen molar-refractivity contribution in [1.29, 1.82) is 0 Å². The van der Waals surface area contributed by atoms with Crippen LogP contribution in [0.5, 0.6) is 11.5 Å². The first-order valence-electron chi connectivity index (χ1n) is 7.47. The van der Waals surface area contributed by atoms with Gasteiger partial charge in [0.25, 0.3) is 5.91 Å². The van der Waals surface area contributed by atoms with Crippen LogP contribution < -0.4 is 9.47 Å². The summed E-state index contributed by atoms with van der Waals surface area (Å²) in [6.45, 7) is 1.51.